The molecule has 2 atom stereocenters. The fourth-order valence-electron chi connectivity index (χ4n) is 2.42. The summed E-state index contributed by atoms with van der Waals surface area (Å²) < 4.78 is 18.1. The first kappa shape index (κ1) is 18.4. The second kappa shape index (κ2) is 7.33. The van der Waals surface area contributed by atoms with E-state index in [1.165, 1.54) is 17.0 Å². The number of alkyl carbamates (subject to hydrolysis) is 1. The summed E-state index contributed by atoms with van der Waals surface area (Å²) in [5.74, 6) is -3.46. The summed E-state index contributed by atoms with van der Waals surface area (Å²) in [6, 6.07) is 3.54. The second-order valence-corrected chi connectivity index (χ2v) is 6.07. The van der Waals surface area contributed by atoms with Crippen molar-refractivity contribution in [3.63, 3.8) is 0 Å². The Morgan fingerprint density at radius 2 is 2.29 bits per heavy atom. The van der Waals surface area contributed by atoms with Crippen LogP contribution in [0.3, 0.4) is 0 Å². The molecule has 1 aliphatic rings. The Balaban J connectivity index is 1.93. The molecule has 1 saturated heterocycles. The van der Waals surface area contributed by atoms with Gasteiger partial charge in [0.15, 0.2) is 0 Å². The molecule has 0 aromatic heterocycles. The minimum atomic E-state index is -2.22. The van der Waals surface area contributed by atoms with Gasteiger partial charge in [-0.25, -0.2) is 9.18 Å². The smallest absolute Gasteiger partial charge is 0.407 e. The van der Waals surface area contributed by atoms with Gasteiger partial charge in [0.25, 0.3) is 11.7 Å². The molecule has 0 aliphatic carbocycles. The number of amides is 2. The van der Waals surface area contributed by atoms with Gasteiger partial charge in [-0.15, -0.1) is 0 Å². The van der Waals surface area contributed by atoms with E-state index in [1.54, 1.807) is 6.92 Å². The van der Waals surface area contributed by atoms with Crippen molar-refractivity contribution in [1.29, 1.82) is 0 Å². The van der Waals surface area contributed by atoms with Crippen LogP contribution in [0, 0.1) is 5.82 Å². The molecule has 132 valence electrons. The highest BCUT2D eigenvalue weighted by Crippen LogP contribution is 2.26. The number of rotatable bonds is 5. The molecule has 9 heteroatoms. The summed E-state index contributed by atoms with van der Waals surface area (Å²) in [5.41, 5.74) is 5.92. The molecule has 0 saturated carbocycles. The van der Waals surface area contributed by atoms with E-state index in [1.807, 2.05) is 0 Å². The third-order valence-electron chi connectivity index (χ3n) is 3.78. The highest BCUT2D eigenvalue weighted by atomic mass is 35.5. The molecule has 0 spiro atoms. The maximum Gasteiger partial charge on any atom is 0.410 e. The van der Waals surface area contributed by atoms with Crippen LogP contribution in [0.15, 0.2) is 18.2 Å². The summed E-state index contributed by atoms with van der Waals surface area (Å²) >= 11 is 5.72. The molecule has 1 fully saturated rings. The largest absolute Gasteiger partial charge is 0.410 e. The van der Waals surface area contributed by atoms with Crippen molar-refractivity contribution >= 4 is 23.6 Å². The zero-order chi connectivity index (χ0) is 17.9. The van der Waals surface area contributed by atoms with E-state index in [9.17, 15) is 19.1 Å². The average Bonchev–Trinajstić information content (AvgIpc) is 2.79. The zero-order valence-corrected chi connectivity index (χ0v) is 13.8. The lowest BCUT2D eigenvalue weighted by molar-refractivity contribution is -0.183. The number of hydrogen-bond donors (Lipinski definition) is 3. The quantitative estimate of drug-likeness (QED) is 0.679. The Labute approximate surface area is 143 Å². The van der Waals surface area contributed by atoms with Crippen molar-refractivity contribution in [3.05, 3.63) is 34.6 Å². The van der Waals surface area contributed by atoms with Crippen molar-refractivity contribution < 1.29 is 23.8 Å². The molecule has 7 nitrogen and oxygen atoms in total. The van der Waals surface area contributed by atoms with Gasteiger partial charge in [0.1, 0.15) is 5.82 Å². The van der Waals surface area contributed by atoms with Gasteiger partial charge in [-0.2, -0.15) is 0 Å². The van der Waals surface area contributed by atoms with Crippen LogP contribution in [0.5, 0.6) is 0 Å². The lowest BCUT2D eigenvalue weighted by atomic mass is 10.2. The third-order valence-corrected chi connectivity index (χ3v) is 4.00. The van der Waals surface area contributed by atoms with E-state index in [2.05, 4.69) is 5.32 Å². The van der Waals surface area contributed by atoms with Gasteiger partial charge >= 0.3 is 6.09 Å². The zero-order valence-electron chi connectivity index (χ0n) is 13.1. The first-order chi connectivity index (χ1) is 11.2. The number of aliphatic hydroxyl groups is 1. The molecular formula is C15H19ClFN3O4. The van der Waals surface area contributed by atoms with E-state index >= 15 is 0 Å². The molecule has 2 amide bonds. The maximum atomic E-state index is 13.2. The molecule has 24 heavy (non-hydrogen) atoms. The van der Waals surface area contributed by atoms with Gasteiger partial charge in [0.05, 0.1) is 0 Å². The molecule has 1 unspecified atom stereocenters. The van der Waals surface area contributed by atoms with Gasteiger partial charge in [-0.1, -0.05) is 11.6 Å². The molecule has 4 N–H and O–H groups in total. The molecule has 0 radical (unpaired) electrons. The normalized spacial score (nSPS) is 21.7. The fourth-order valence-corrected chi connectivity index (χ4v) is 2.67. The van der Waals surface area contributed by atoms with Crippen LogP contribution in [0.1, 0.15) is 18.9 Å². The van der Waals surface area contributed by atoms with E-state index in [-0.39, 0.29) is 37.1 Å². The number of benzene rings is 1. The van der Waals surface area contributed by atoms with Crippen LogP contribution >= 0.6 is 11.6 Å². The number of carbonyl (C=O) groups is 2. The van der Waals surface area contributed by atoms with Gasteiger partial charge in [0.2, 0.25) is 0 Å². The number of ether oxygens (including phenoxy) is 1. The Kier molecular flexibility index (Phi) is 5.63. The number of halogens is 2. The molecule has 0 bridgehead atoms. The predicted octanol–water partition coefficient (Wildman–Crippen LogP) is 0.973. The Hall–Kier alpha value is -1.90. The number of hydrogen-bond acceptors (Lipinski definition) is 5. The minimum Gasteiger partial charge on any atom is -0.407 e. The Bertz CT molecular complexity index is 625. The van der Waals surface area contributed by atoms with Gasteiger partial charge < -0.3 is 25.8 Å². The minimum absolute atomic E-state index is 0.0462. The van der Waals surface area contributed by atoms with Crippen LogP contribution in [0.4, 0.5) is 9.18 Å². The molecule has 1 aliphatic heterocycles. The highest BCUT2D eigenvalue weighted by molar-refractivity contribution is 6.30. The first-order valence-electron chi connectivity index (χ1n) is 7.40. The first-order valence-corrected chi connectivity index (χ1v) is 7.78. The number of carbonyl (C=O) groups excluding carboxylic acids is 2. The van der Waals surface area contributed by atoms with Crippen LogP contribution in [0.2, 0.25) is 5.02 Å². The second-order valence-electron chi connectivity index (χ2n) is 5.64. The number of nitrogens with one attached hydrogen (secondary N) is 1. The molecule has 2 rings (SSSR count). The summed E-state index contributed by atoms with van der Waals surface area (Å²) in [7, 11) is 0. The van der Waals surface area contributed by atoms with E-state index in [0.29, 0.717) is 5.56 Å². The average molecular weight is 360 g/mol. The van der Waals surface area contributed by atoms with Crippen molar-refractivity contribution in [1.82, 2.24) is 10.2 Å². The molecule has 1 heterocycles. The van der Waals surface area contributed by atoms with E-state index in [0.717, 1.165) is 6.07 Å². The third kappa shape index (κ3) is 4.14. The van der Waals surface area contributed by atoms with Gasteiger partial charge in [-0.05, 0) is 30.7 Å². The summed E-state index contributed by atoms with van der Waals surface area (Å²) in [5, 5.41) is 12.8. The highest BCUT2D eigenvalue weighted by Gasteiger charge is 2.50. The van der Waals surface area contributed by atoms with Crippen LogP contribution in [0.25, 0.3) is 0 Å². The van der Waals surface area contributed by atoms with Crippen molar-refractivity contribution in [2.75, 3.05) is 13.1 Å². The van der Waals surface area contributed by atoms with Crippen molar-refractivity contribution in [2.45, 2.75) is 31.7 Å². The molecule has 1 aromatic carbocycles. The fraction of sp³-hybridized carbons (Fsp3) is 0.467. The summed E-state index contributed by atoms with van der Waals surface area (Å²) in [6.45, 7) is 2.13. The monoisotopic (exact) mass is 359 g/mol. The molecular weight excluding hydrogens is 341 g/mol. The van der Waals surface area contributed by atoms with Gasteiger partial charge in [0, 0.05) is 37.1 Å². The van der Waals surface area contributed by atoms with Crippen molar-refractivity contribution in [3.8, 4) is 0 Å². The number of nitrogens with two attached hydrogens (primary N) is 1. The Morgan fingerprint density at radius 3 is 2.92 bits per heavy atom. The number of nitrogens with zero attached hydrogens (tertiary/aromatic N) is 1. The summed E-state index contributed by atoms with van der Waals surface area (Å²) in [6.07, 6.45) is -1.04. The lowest BCUT2D eigenvalue weighted by Crippen LogP contribution is -2.49. The van der Waals surface area contributed by atoms with Crippen molar-refractivity contribution in [2.24, 2.45) is 5.73 Å². The molecule has 1 aromatic rings. The standard InChI is InChI=1S/C15H19ClFN3O4/c1-9(7-18)20-3-2-15(23,13(20)21)24-14(22)19-8-10-4-11(16)6-12(17)5-10/h4-6,9,23H,2-3,7-8,18H2,1H3,(H,19,22)/t9?,15-/m0/s1. The SMILES string of the molecule is CC(CN)N1CC[C@](O)(OC(=O)NCc2cc(F)cc(Cl)c2)C1=O. The van der Waals surface area contributed by atoms with Crippen LogP contribution < -0.4 is 11.1 Å². The van der Waals surface area contributed by atoms with Gasteiger partial charge in [-0.3, -0.25) is 4.79 Å². The maximum absolute atomic E-state index is 13.2. The number of likely N-dealkylation sites (tertiary alicyclic amines) is 1. The van der Waals surface area contributed by atoms with Crippen LogP contribution in [-0.2, 0) is 16.1 Å². The Morgan fingerprint density at radius 1 is 1.58 bits per heavy atom. The van der Waals surface area contributed by atoms with E-state index < -0.39 is 23.6 Å². The topological polar surface area (TPSA) is 105 Å². The van der Waals surface area contributed by atoms with Crippen LogP contribution in [-0.4, -0.2) is 46.9 Å². The lowest BCUT2D eigenvalue weighted by Gasteiger charge is -2.25. The predicted molar refractivity (Wildman–Crippen MR) is 84.5 cm³/mol. The van der Waals surface area contributed by atoms with E-state index in [4.69, 9.17) is 22.1 Å². The summed E-state index contributed by atoms with van der Waals surface area (Å²) in [4.78, 5) is 25.4.